The van der Waals surface area contributed by atoms with E-state index in [4.69, 9.17) is 9.47 Å². The fraction of sp³-hybridized carbons (Fsp3) is 0.333. The lowest BCUT2D eigenvalue weighted by molar-refractivity contribution is -0.144. The van der Waals surface area contributed by atoms with Crippen molar-refractivity contribution in [1.29, 1.82) is 0 Å². The highest BCUT2D eigenvalue weighted by atomic mass is 16.6. The molecule has 0 bridgehead atoms. The molecule has 0 saturated carbocycles. The Kier molecular flexibility index (Phi) is 5.76. The Hall–Kier alpha value is -2.86. The zero-order chi connectivity index (χ0) is 19.4. The lowest BCUT2D eigenvalue weighted by atomic mass is 9.98. The van der Waals surface area contributed by atoms with Crippen LogP contribution < -0.4 is 0 Å². The standard InChI is InChI=1S/C21H23NO5/c1-3-26-13-19(20(23)24)22(2)21(25)27-12-18-16-10-6-4-8-14(16)15-9-5-7-11-17(15)18/h4-11,18-19H,3,12-13H2,1-2H3,(H,23,24)/t19-/m0/s1. The SMILES string of the molecule is CCOC[C@@H](C(=O)O)N(C)C(=O)OCC1c2ccccc2-c2ccccc21. The van der Waals surface area contributed by atoms with Gasteiger partial charge in [-0.15, -0.1) is 0 Å². The van der Waals surface area contributed by atoms with E-state index in [-0.39, 0.29) is 19.1 Å². The first-order chi connectivity index (χ1) is 13.0. The lowest BCUT2D eigenvalue weighted by Gasteiger charge is -2.25. The molecule has 1 atom stereocenters. The maximum Gasteiger partial charge on any atom is 0.410 e. The molecule has 6 nitrogen and oxygen atoms in total. The fourth-order valence-corrected chi connectivity index (χ4v) is 3.40. The molecule has 0 aromatic heterocycles. The van der Waals surface area contributed by atoms with Gasteiger partial charge >= 0.3 is 12.1 Å². The number of fused-ring (bicyclic) bond motifs is 3. The van der Waals surface area contributed by atoms with E-state index in [1.807, 2.05) is 36.4 Å². The Labute approximate surface area is 158 Å². The average molecular weight is 369 g/mol. The summed E-state index contributed by atoms with van der Waals surface area (Å²) in [5.74, 6) is -1.19. The zero-order valence-electron chi connectivity index (χ0n) is 15.4. The van der Waals surface area contributed by atoms with E-state index in [9.17, 15) is 14.7 Å². The van der Waals surface area contributed by atoms with Crippen molar-refractivity contribution in [3.63, 3.8) is 0 Å². The monoisotopic (exact) mass is 369 g/mol. The molecule has 3 rings (SSSR count). The van der Waals surface area contributed by atoms with Gasteiger partial charge in [-0.2, -0.15) is 0 Å². The number of nitrogens with zero attached hydrogens (tertiary/aromatic N) is 1. The first kappa shape index (κ1) is 18.9. The number of amides is 1. The van der Waals surface area contributed by atoms with Crippen LogP contribution in [0.5, 0.6) is 0 Å². The van der Waals surface area contributed by atoms with Crippen LogP contribution in [0.4, 0.5) is 4.79 Å². The third kappa shape index (κ3) is 3.80. The number of carboxylic acids is 1. The summed E-state index contributed by atoms with van der Waals surface area (Å²) < 4.78 is 10.6. The van der Waals surface area contributed by atoms with E-state index in [1.165, 1.54) is 7.05 Å². The summed E-state index contributed by atoms with van der Waals surface area (Å²) in [5.41, 5.74) is 4.50. The Morgan fingerprint density at radius 2 is 1.63 bits per heavy atom. The lowest BCUT2D eigenvalue weighted by Crippen LogP contribution is -2.45. The second kappa shape index (κ2) is 8.22. The van der Waals surface area contributed by atoms with Crippen molar-refractivity contribution in [1.82, 2.24) is 4.90 Å². The normalized spacial score (nSPS) is 13.6. The molecule has 0 radical (unpaired) electrons. The van der Waals surface area contributed by atoms with Crippen molar-refractivity contribution >= 4 is 12.1 Å². The van der Waals surface area contributed by atoms with Crippen LogP contribution in [-0.4, -0.2) is 55.0 Å². The van der Waals surface area contributed by atoms with Crippen molar-refractivity contribution in [2.45, 2.75) is 18.9 Å². The molecule has 0 fully saturated rings. The summed E-state index contributed by atoms with van der Waals surface area (Å²) in [6.07, 6.45) is -0.677. The van der Waals surface area contributed by atoms with E-state index in [0.29, 0.717) is 6.61 Å². The van der Waals surface area contributed by atoms with Gasteiger partial charge in [0, 0.05) is 19.6 Å². The van der Waals surface area contributed by atoms with E-state index in [0.717, 1.165) is 27.2 Å². The maximum absolute atomic E-state index is 12.4. The van der Waals surface area contributed by atoms with Gasteiger partial charge in [0.05, 0.1) is 6.61 Å². The number of carbonyl (C=O) groups is 2. The topological polar surface area (TPSA) is 76.1 Å². The van der Waals surface area contributed by atoms with Crippen molar-refractivity contribution in [2.24, 2.45) is 0 Å². The van der Waals surface area contributed by atoms with Gasteiger partial charge in [0.25, 0.3) is 0 Å². The molecule has 0 aliphatic heterocycles. The molecule has 0 unspecified atom stereocenters. The average Bonchev–Trinajstić information content (AvgIpc) is 3.00. The van der Waals surface area contributed by atoms with Crippen molar-refractivity contribution < 1.29 is 24.2 Å². The summed E-state index contributed by atoms with van der Waals surface area (Å²) >= 11 is 0. The van der Waals surface area contributed by atoms with Crippen LogP contribution in [0.3, 0.4) is 0 Å². The van der Waals surface area contributed by atoms with E-state index >= 15 is 0 Å². The second-order valence-electron chi connectivity index (χ2n) is 6.43. The largest absolute Gasteiger partial charge is 0.480 e. The molecular weight excluding hydrogens is 346 g/mol. The molecule has 0 heterocycles. The number of aliphatic carboxylic acids is 1. The van der Waals surface area contributed by atoms with E-state index in [2.05, 4.69) is 12.1 Å². The Morgan fingerprint density at radius 1 is 1.07 bits per heavy atom. The molecular formula is C21H23NO5. The minimum Gasteiger partial charge on any atom is -0.480 e. The summed E-state index contributed by atoms with van der Waals surface area (Å²) in [7, 11) is 1.41. The Morgan fingerprint density at radius 3 is 2.15 bits per heavy atom. The van der Waals surface area contributed by atoms with Gasteiger partial charge in [0.1, 0.15) is 6.61 Å². The summed E-state index contributed by atoms with van der Waals surface area (Å²) in [6, 6.07) is 15.0. The molecule has 1 aliphatic carbocycles. The molecule has 27 heavy (non-hydrogen) atoms. The van der Waals surface area contributed by atoms with Crippen LogP contribution in [0.1, 0.15) is 24.0 Å². The zero-order valence-corrected chi connectivity index (χ0v) is 15.4. The number of likely N-dealkylation sites (N-methyl/N-ethyl adjacent to an activating group) is 1. The van der Waals surface area contributed by atoms with Gasteiger partial charge in [-0.25, -0.2) is 9.59 Å². The third-order valence-electron chi connectivity index (χ3n) is 4.86. The summed E-state index contributed by atoms with van der Waals surface area (Å²) in [4.78, 5) is 24.9. The second-order valence-corrected chi connectivity index (χ2v) is 6.43. The summed E-state index contributed by atoms with van der Waals surface area (Å²) in [6.45, 7) is 2.22. The first-order valence-corrected chi connectivity index (χ1v) is 8.93. The smallest absolute Gasteiger partial charge is 0.410 e. The molecule has 142 valence electrons. The van der Waals surface area contributed by atoms with Gasteiger partial charge in [-0.1, -0.05) is 48.5 Å². The van der Waals surface area contributed by atoms with E-state index < -0.39 is 18.1 Å². The van der Waals surface area contributed by atoms with Crippen LogP contribution in [0, 0.1) is 0 Å². The van der Waals surface area contributed by atoms with Gasteiger partial charge < -0.3 is 14.6 Å². The molecule has 2 aromatic rings. The van der Waals surface area contributed by atoms with Crippen LogP contribution in [0.2, 0.25) is 0 Å². The Balaban J connectivity index is 1.73. The van der Waals surface area contributed by atoms with Crippen LogP contribution in [0.15, 0.2) is 48.5 Å². The summed E-state index contributed by atoms with van der Waals surface area (Å²) in [5, 5.41) is 9.33. The molecule has 2 aromatic carbocycles. The number of hydrogen-bond acceptors (Lipinski definition) is 4. The van der Waals surface area contributed by atoms with Crippen molar-refractivity contribution in [2.75, 3.05) is 26.9 Å². The minimum atomic E-state index is -1.13. The van der Waals surface area contributed by atoms with Crippen molar-refractivity contribution in [3.8, 4) is 11.1 Å². The van der Waals surface area contributed by atoms with Gasteiger partial charge in [0.2, 0.25) is 0 Å². The molecule has 1 N–H and O–H groups in total. The van der Waals surface area contributed by atoms with Crippen LogP contribution in [-0.2, 0) is 14.3 Å². The fourth-order valence-electron chi connectivity index (χ4n) is 3.40. The number of hydrogen-bond donors (Lipinski definition) is 1. The highest BCUT2D eigenvalue weighted by molar-refractivity contribution is 5.81. The number of benzene rings is 2. The highest BCUT2D eigenvalue weighted by Crippen LogP contribution is 2.44. The minimum absolute atomic E-state index is 0.0649. The quantitative estimate of drug-likeness (QED) is 0.810. The van der Waals surface area contributed by atoms with E-state index in [1.54, 1.807) is 6.92 Å². The highest BCUT2D eigenvalue weighted by Gasteiger charge is 2.31. The third-order valence-corrected chi connectivity index (χ3v) is 4.86. The number of rotatable bonds is 7. The van der Waals surface area contributed by atoms with Crippen molar-refractivity contribution in [3.05, 3.63) is 59.7 Å². The molecule has 0 spiro atoms. The van der Waals surface area contributed by atoms with Gasteiger partial charge in [-0.05, 0) is 29.2 Å². The number of carbonyl (C=O) groups excluding carboxylic acids is 1. The first-order valence-electron chi connectivity index (χ1n) is 8.93. The van der Waals surface area contributed by atoms with Gasteiger partial charge in [-0.3, -0.25) is 4.90 Å². The predicted molar refractivity (Wildman–Crippen MR) is 101 cm³/mol. The predicted octanol–water partition coefficient (Wildman–Crippen LogP) is 3.36. The van der Waals surface area contributed by atoms with Crippen LogP contribution >= 0.6 is 0 Å². The number of ether oxygens (including phenoxy) is 2. The molecule has 1 amide bonds. The Bertz CT molecular complexity index is 789. The molecule has 6 heteroatoms. The number of carboxylic acid groups (broad SMARTS) is 1. The maximum atomic E-state index is 12.4. The van der Waals surface area contributed by atoms with Gasteiger partial charge in [0.15, 0.2) is 6.04 Å². The van der Waals surface area contributed by atoms with Crippen LogP contribution in [0.25, 0.3) is 11.1 Å². The molecule has 1 aliphatic rings. The molecule has 0 saturated heterocycles.